The molecule has 0 aliphatic rings. The second kappa shape index (κ2) is 8.24. The lowest BCUT2D eigenvalue weighted by atomic mass is 10.1. The average molecular weight is 331 g/mol. The minimum atomic E-state index is -0.307. The molecule has 0 radical (unpaired) electrons. The van der Waals surface area contributed by atoms with E-state index in [2.05, 4.69) is 20.6 Å². The van der Waals surface area contributed by atoms with Gasteiger partial charge in [0.1, 0.15) is 11.6 Å². The molecule has 0 saturated heterocycles. The van der Waals surface area contributed by atoms with Crippen LogP contribution in [0.4, 0.5) is 16.2 Å². The number of benzene rings is 1. The van der Waals surface area contributed by atoms with E-state index in [0.29, 0.717) is 19.0 Å². The molecule has 24 heavy (non-hydrogen) atoms. The quantitative estimate of drug-likeness (QED) is 0.757. The van der Waals surface area contributed by atoms with Gasteiger partial charge < -0.3 is 15.5 Å². The van der Waals surface area contributed by atoms with Gasteiger partial charge in [0.05, 0.1) is 6.42 Å². The first kappa shape index (κ1) is 17.7. The van der Waals surface area contributed by atoms with Crippen molar-refractivity contribution in [2.24, 2.45) is 0 Å². The molecular weight excluding hydrogens is 309 g/mol. The smallest absolute Gasteiger partial charge is 0.224 e. The number of carbonyl (C=O) groups is 1. The van der Waals surface area contributed by atoms with E-state index in [1.807, 2.05) is 32.0 Å². The summed E-state index contributed by atoms with van der Waals surface area (Å²) in [6, 6.07) is 7.81. The number of carbonyl (C=O) groups excluding carboxylic acids is 1. The summed E-state index contributed by atoms with van der Waals surface area (Å²) in [4.78, 5) is 22.4. The average Bonchev–Trinajstić information content (AvgIpc) is 2.53. The van der Waals surface area contributed by atoms with E-state index in [4.69, 9.17) is 0 Å². The van der Waals surface area contributed by atoms with Crippen LogP contribution in [0, 0.1) is 12.7 Å². The molecule has 0 spiro atoms. The van der Waals surface area contributed by atoms with E-state index in [1.165, 1.54) is 12.1 Å². The van der Waals surface area contributed by atoms with Crippen LogP contribution >= 0.6 is 0 Å². The molecule has 1 aromatic heterocycles. The monoisotopic (exact) mass is 331 g/mol. The minimum Gasteiger partial charge on any atom is -0.363 e. The van der Waals surface area contributed by atoms with Gasteiger partial charge in [-0.1, -0.05) is 12.1 Å². The zero-order chi connectivity index (χ0) is 17.5. The van der Waals surface area contributed by atoms with Crippen molar-refractivity contribution in [3.63, 3.8) is 0 Å². The van der Waals surface area contributed by atoms with E-state index >= 15 is 0 Å². The third-order valence-electron chi connectivity index (χ3n) is 3.31. The third kappa shape index (κ3) is 5.49. The molecule has 1 heterocycles. The fourth-order valence-corrected chi connectivity index (χ4v) is 2.09. The number of aromatic nitrogens is 2. The molecule has 128 valence electrons. The molecule has 1 amide bonds. The minimum absolute atomic E-state index is 0.109. The number of hydrogen-bond acceptors (Lipinski definition) is 5. The van der Waals surface area contributed by atoms with Crippen LogP contribution in [0.15, 0.2) is 30.3 Å². The molecule has 0 saturated carbocycles. The van der Waals surface area contributed by atoms with Gasteiger partial charge in [-0.25, -0.2) is 9.37 Å². The van der Waals surface area contributed by atoms with Crippen LogP contribution in [0.2, 0.25) is 0 Å². The Bertz CT molecular complexity index is 688. The molecule has 0 aliphatic heterocycles. The van der Waals surface area contributed by atoms with Crippen molar-refractivity contribution in [2.45, 2.75) is 13.3 Å². The van der Waals surface area contributed by atoms with Gasteiger partial charge in [0, 0.05) is 38.9 Å². The maximum atomic E-state index is 12.8. The van der Waals surface area contributed by atoms with Crippen LogP contribution < -0.4 is 15.5 Å². The molecule has 0 aliphatic carbocycles. The van der Waals surface area contributed by atoms with Gasteiger partial charge >= 0.3 is 0 Å². The molecule has 2 rings (SSSR count). The molecule has 0 unspecified atom stereocenters. The maximum Gasteiger partial charge on any atom is 0.224 e. The first-order chi connectivity index (χ1) is 11.4. The number of aryl methyl sites for hydroxylation is 1. The lowest BCUT2D eigenvalue weighted by Gasteiger charge is -2.14. The van der Waals surface area contributed by atoms with E-state index in [0.717, 1.165) is 17.1 Å². The first-order valence-electron chi connectivity index (χ1n) is 7.72. The normalized spacial score (nSPS) is 10.3. The molecule has 0 atom stereocenters. The Balaban J connectivity index is 1.76. The van der Waals surface area contributed by atoms with E-state index in [1.54, 1.807) is 12.1 Å². The summed E-state index contributed by atoms with van der Waals surface area (Å²) in [5.41, 5.74) is 1.65. The van der Waals surface area contributed by atoms with Crippen LogP contribution in [0.3, 0.4) is 0 Å². The molecular formula is C17H22FN5O. The van der Waals surface area contributed by atoms with Gasteiger partial charge in [-0.2, -0.15) is 4.98 Å². The SMILES string of the molecule is Cc1cc(N(C)C)nc(NCCNC(=O)Cc2ccc(F)cc2)n1. The first-order valence-corrected chi connectivity index (χ1v) is 7.72. The summed E-state index contributed by atoms with van der Waals surface area (Å²) in [6.07, 6.45) is 0.228. The van der Waals surface area contributed by atoms with Crippen molar-refractivity contribution >= 4 is 17.7 Å². The lowest BCUT2D eigenvalue weighted by Crippen LogP contribution is -2.30. The predicted molar refractivity (Wildman–Crippen MR) is 92.7 cm³/mol. The summed E-state index contributed by atoms with van der Waals surface area (Å²) < 4.78 is 12.8. The predicted octanol–water partition coefficient (Wildman–Crippen LogP) is 1.76. The van der Waals surface area contributed by atoms with Crippen LogP contribution in [0.25, 0.3) is 0 Å². The second-order valence-corrected chi connectivity index (χ2v) is 5.67. The number of nitrogens with zero attached hydrogens (tertiary/aromatic N) is 3. The van der Waals surface area contributed by atoms with Crippen molar-refractivity contribution in [1.82, 2.24) is 15.3 Å². The molecule has 2 N–H and O–H groups in total. The molecule has 1 aromatic carbocycles. The van der Waals surface area contributed by atoms with Crippen LogP contribution in [0.5, 0.6) is 0 Å². The van der Waals surface area contributed by atoms with Crippen LogP contribution in [-0.2, 0) is 11.2 Å². The Kier molecular flexibility index (Phi) is 6.06. The van der Waals surface area contributed by atoms with Crippen LogP contribution in [0.1, 0.15) is 11.3 Å². The number of rotatable bonds is 7. The summed E-state index contributed by atoms with van der Waals surface area (Å²) in [7, 11) is 3.84. The van der Waals surface area contributed by atoms with Gasteiger partial charge in [-0.15, -0.1) is 0 Å². The summed E-state index contributed by atoms with van der Waals surface area (Å²) in [5, 5.41) is 5.90. The highest BCUT2D eigenvalue weighted by molar-refractivity contribution is 5.78. The number of hydrogen-bond donors (Lipinski definition) is 2. The van der Waals surface area contributed by atoms with E-state index in [-0.39, 0.29) is 18.1 Å². The second-order valence-electron chi connectivity index (χ2n) is 5.67. The Hall–Kier alpha value is -2.70. The molecule has 6 nitrogen and oxygen atoms in total. The van der Waals surface area contributed by atoms with Gasteiger partial charge in [0.15, 0.2) is 0 Å². The fraction of sp³-hybridized carbons (Fsp3) is 0.353. The number of amides is 1. The van der Waals surface area contributed by atoms with Crippen molar-refractivity contribution in [1.29, 1.82) is 0 Å². The van der Waals surface area contributed by atoms with Crippen molar-refractivity contribution in [2.75, 3.05) is 37.4 Å². The third-order valence-corrected chi connectivity index (χ3v) is 3.31. The summed E-state index contributed by atoms with van der Waals surface area (Å²) in [5.74, 6) is 0.943. The standard InChI is InChI=1S/C17H22FN5O/c1-12-10-15(23(2)3)22-17(21-12)20-9-8-19-16(24)11-13-4-6-14(18)7-5-13/h4-7,10H,8-9,11H2,1-3H3,(H,19,24)(H,20,21,22). The molecule has 7 heteroatoms. The topological polar surface area (TPSA) is 70.2 Å². The van der Waals surface area contributed by atoms with Gasteiger partial charge in [-0.05, 0) is 24.6 Å². The number of nitrogens with one attached hydrogen (secondary N) is 2. The number of anilines is 2. The maximum absolute atomic E-state index is 12.8. The Labute approximate surface area is 141 Å². The highest BCUT2D eigenvalue weighted by Gasteiger charge is 2.05. The van der Waals surface area contributed by atoms with Gasteiger partial charge in [0.25, 0.3) is 0 Å². The molecule has 0 fully saturated rings. The summed E-state index contributed by atoms with van der Waals surface area (Å²) >= 11 is 0. The highest BCUT2D eigenvalue weighted by atomic mass is 19.1. The zero-order valence-electron chi connectivity index (χ0n) is 14.1. The van der Waals surface area contributed by atoms with Gasteiger partial charge in [-0.3, -0.25) is 4.79 Å². The Morgan fingerprint density at radius 3 is 2.54 bits per heavy atom. The van der Waals surface area contributed by atoms with Crippen molar-refractivity contribution in [3.05, 3.63) is 47.4 Å². The zero-order valence-corrected chi connectivity index (χ0v) is 14.1. The fourth-order valence-electron chi connectivity index (χ4n) is 2.09. The lowest BCUT2D eigenvalue weighted by molar-refractivity contribution is -0.120. The van der Waals surface area contributed by atoms with E-state index < -0.39 is 0 Å². The Morgan fingerprint density at radius 1 is 1.17 bits per heavy atom. The van der Waals surface area contributed by atoms with Crippen molar-refractivity contribution < 1.29 is 9.18 Å². The van der Waals surface area contributed by atoms with Crippen LogP contribution in [-0.4, -0.2) is 43.1 Å². The highest BCUT2D eigenvalue weighted by Crippen LogP contribution is 2.11. The van der Waals surface area contributed by atoms with E-state index in [9.17, 15) is 9.18 Å². The largest absolute Gasteiger partial charge is 0.363 e. The van der Waals surface area contributed by atoms with Gasteiger partial charge in [0.2, 0.25) is 11.9 Å². The summed E-state index contributed by atoms with van der Waals surface area (Å²) in [6.45, 7) is 2.88. The van der Waals surface area contributed by atoms with Crippen molar-refractivity contribution in [3.8, 4) is 0 Å². The molecule has 0 bridgehead atoms. The Morgan fingerprint density at radius 2 is 1.88 bits per heavy atom. The number of halogens is 1. The molecule has 2 aromatic rings.